The first-order chi connectivity index (χ1) is 11.2. The van der Waals surface area contributed by atoms with Crippen LogP contribution in [0.15, 0.2) is 36.5 Å². The Morgan fingerprint density at radius 1 is 1.21 bits per heavy atom. The van der Waals surface area contributed by atoms with E-state index in [1.807, 2.05) is 32.9 Å². The number of benzene rings is 1. The number of pyridine rings is 1. The van der Waals surface area contributed by atoms with Crippen LogP contribution in [0, 0.1) is 18.2 Å². The highest BCUT2D eigenvalue weighted by Crippen LogP contribution is 2.29. The molecule has 2 heterocycles. The number of carbonyl (C=O) groups is 1. The largest absolute Gasteiger partial charge is 0.382 e. The van der Waals surface area contributed by atoms with Crippen molar-refractivity contribution in [2.45, 2.75) is 27.7 Å². The van der Waals surface area contributed by atoms with E-state index in [0.717, 1.165) is 11.1 Å². The number of ketones is 1. The van der Waals surface area contributed by atoms with Gasteiger partial charge in [-0.25, -0.2) is 9.37 Å². The molecule has 3 aromatic rings. The van der Waals surface area contributed by atoms with Gasteiger partial charge in [0.15, 0.2) is 11.6 Å². The number of anilines is 1. The highest BCUT2D eigenvalue weighted by molar-refractivity contribution is 6.03. The van der Waals surface area contributed by atoms with Crippen molar-refractivity contribution < 1.29 is 9.18 Å². The van der Waals surface area contributed by atoms with E-state index in [4.69, 9.17) is 5.73 Å². The summed E-state index contributed by atoms with van der Waals surface area (Å²) in [7, 11) is 0. The molecule has 0 aliphatic rings. The molecule has 3 rings (SSSR count). The van der Waals surface area contributed by atoms with Gasteiger partial charge in [0.1, 0.15) is 17.2 Å². The van der Waals surface area contributed by atoms with E-state index in [0.29, 0.717) is 16.9 Å². The van der Waals surface area contributed by atoms with Crippen LogP contribution in [-0.4, -0.2) is 15.2 Å². The van der Waals surface area contributed by atoms with Gasteiger partial charge in [-0.3, -0.25) is 9.20 Å². The molecule has 24 heavy (non-hydrogen) atoms. The van der Waals surface area contributed by atoms with Gasteiger partial charge in [-0.1, -0.05) is 32.9 Å². The van der Waals surface area contributed by atoms with Crippen molar-refractivity contribution in [2.75, 3.05) is 5.73 Å². The summed E-state index contributed by atoms with van der Waals surface area (Å²) < 4.78 is 15.6. The zero-order valence-electron chi connectivity index (χ0n) is 14.2. The quantitative estimate of drug-likeness (QED) is 0.716. The standard InChI is InChI=1S/C19H20FN3O/c1-11-13(6-5-7-14(11)20)12-8-9-15-22-18(21)16(23(15)10-12)17(24)19(2,3)4/h5-10H,21H2,1-4H3. The zero-order valence-corrected chi connectivity index (χ0v) is 14.2. The molecule has 0 fully saturated rings. The lowest BCUT2D eigenvalue weighted by molar-refractivity contribution is 0.0853. The number of aromatic nitrogens is 2. The van der Waals surface area contributed by atoms with Crippen LogP contribution < -0.4 is 5.73 Å². The van der Waals surface area contributed by atoms with Crippen LogP contribution in [0.1, 0.15) is 36.8 Å². The number of hydrogen-bond acceptors (Lipinski definition) is 3. The summed E-state index contributed by atoms with van der Waals surface area (Å²) in [6.07, 6.45) is 1.79. The van der Waals surface area contributed by atoms with Crippen molar-refractivity contribution in [3.8, 4) is 11.1 Å². The monoisotopic (exact) mass is 325 g/mol. The highest BCUT2D eigenvalue weighted by Gasteiger charge is 2.28. The third-order valence-electron chi connectivity index (χ3n) is 4.12. The number of halogens is 1. The van der Waals surface area contributed by atoms with Gasteiger partial charge in [0.2, 0.25) is 0 Å². The van der Waals surface area contributed by atoms with E-state index < -0.39 is 5.41 Å². The lowest BCUT2D eigenvalue weighted by Gasteiger charge is -2.16. The zero-order chi connectivity index (χ0) is 17.6. The normalized spacial score (nSPS) is 11.9. The number of Topliss-reactive ketones (excluding diaryl/α,β-unsaturated/α-hetero) is 1. The van der Waals surface area contributed by atoms with Crippen molar-refractivity contribution in [3.05, 3.63) is 53.6 Å². The number of hydrogen-bond donors (Lipinski definition) is 1. The molecule has 0 aliphatic heterocycles. The summed E-state index contributed by atoms with van der Waals surface area (Å²) >= 11 is 0. The van der Waals surface area contributed by atoms with Crippen molar-refractivity contribution in [1.29, 1.82) is 0 Å². The third kappa shape index (κ3) is 2.56. The molecule has 2 N–H and O–H groups in total. The molecule has 5 heteroatoms. The van der Waals surface area contributed by atoms with Crippen molar-refractivity contribution in [3.63, 3.8) is 0 Å². The minimum absolute atomic E-state index is 0.0828. The summed E-state index contributed by atoms with van der Waals surface area (Å²) in [6.45, 7) is 7.26. The summed E-state index contributed by atoms with van der Waals surface area (Å²) in [6, 6.07) is 8.60. The second-order valence-corrected chi connectivity index (χ2v) is 6.98. The maximum absolute atomic E-state index is 13.9. The molecule has 124 valence electrons. The Hall–Kier alpha value is -2.69. The van der Waals surface area contributed by atoms with Crippen LogP contribution >= 0.6 is 0 Å². The summed E-state index contributed by atoms with van der Waals surface area (Å²) in [4.78, 5) is 17.0. The molecule has 0 bridgehead atoms. The fraction of sp³-hybridized carbons (Fsp3) is 0.263. The number of nitrogen functional groups attached to an aromatic ring is 1. The summed E-state index contributed by atoms with van der Waals surface area (Å²) in [5.74, 6) is -0.132. The maximum atomic E-state index is 13.9. The predicted octanol–water partition coefficient (Wildman–Crippen LogP) is 4.26. The van der Waals surface area contributed by atoms with Crippen molar-refractivity contribution in [1.82, 2.24) is 9.38 Å². The molecular weight excluding hydrogens is 305 g/mol. The fourth-order valence-corrected chi connectivity index (χ4v) is 2.72. The summed E-state index contributed by atoms with van der Waals surface area (Å²) in [5, 5.41) is 0. The van der Waals surface area contributed by atoms with Crippen LogP contribution in [0.3, 0.4) is 0 Å². The average molecular weight is 325 g/mol. The molecule has 0 aliphatic carbocycles. The Balaban J connectivity index is 2.25. The van der Waals surface area contributed by atoms with Gasteiger partial charge in [0.25, 0.3) is 0 Å². The number of nitrogens with two attached hydrogens (primary N) is 1. The Labute approximate surface area is 140 Å². The number of rotatable bonds is 2. The van der Waals surface area contributed by atoms with Gasteiger partial charge in [-0.15, -0.1) is 0 Å². The van der Waals surface area contributed by atoms with Gasteiger partial charge < -0.3 is 5.73 Å². The second-order valence-electron chi connectivity index (χ2n) is 6.98. The minimum Gasteiger partial charge on any atom is -0.382 e. The van der Waals surface area contributed by atoms with Crippen LogP contribution in [0.5, 0.6) is 0 Å². The molecule has 1 aromatic carbocycles. The lowest BCUT2D eigenvalue weighted by atomic mass is 9.89. The Bertz CT molecular complexity index is 951. The molecule has 0 spiro atoms. The molecule has 4 nitrogen and oxygen atoms in total. The highest BCUT2D eigenvalue weighted by atomic mass is 19.1. The number of nitrogens with zero attached hydrogens (tertiary/aromatic N) is 2. The molecule has 0 saturated carbocycles. The van der Waals surface area contributed by atoms with E-state index in [1.165, 1.54) is 6.07 Å². The number of imidazole rings is 1. The average Bonchev–Trinajstić information content (AvgIpc) is 2.83. The minimum atomic E-state index is -0.575. The third-order valence-corrected chi connectivity index (χ3v) is 4.12. The fourth-order valence-electron chi connectivity index (χ4n) is 2.72. The molecule has 0 atom stereocenters. The first kappa shape index (κ1) is 16.2. The van der Waals surface area contributed by atoms with Crippen LogP contribution in [-0.2, 0) is 0 Å². The predicted molar refractivity (Wildman–Crippen MR) is 93.5 cm³/mol. The van der Waals surface area contributed by atoms with E-state index in [1.54, 1.807) is 29.7 Å². The Kier molecular flexibility index (Phi) is 3.67. The van der Waals surface area contributed by atoms with E-state index >= 15 is 0 Å². The van der Waals surface area contributed by atoms with E-state index in [-0.39, 0.29) is 17.4 Å². The smallest absolute Gasteiger partial charge is 0.188 e. The van der Waals surface area contributed by atoms with Crippen LogP contribution in [0.2, 0.25) is 0 Å². The van der Waals surface area contributed by atoms with Gasteiger partial charge in [-0.05, 0) is 41.8 Å². The van der Waals surface area contributed by atoms with Gasteiger partial charge >= 0.3 is 0 Å². The van der Waals surface area contributed by atoms with E-state index in [9.17, 15) is 9.18 Å². The molecule has 0 unspecified atom stereocenters. The molecule has 0 amide bonds. The molecule has 0 saturated heterocycles. The topological polar surface area (TPSA) is 60.4 Å². The lowest BCUT2D eigenvalue weighted by Crippen LogP contribution is -2.22. The SMILES string of the molecule is Cc1c(F)cccc1-c1ccc2nc(N)c(C(=O)C(C)(C)C)n2c1. The van der Waals surface area contributed by atoms with Crippen LogP contribution in [0.25, 0.3) is 16.8 Å². The van der Waals surface area contributed by atoms with E-state index in [2.05, 4.69) is 4.98 Å². The van der Waals surface area contributed by atoms with Gasteiger partial charge in [0, 0.05) is 11.6 Å². The van der Waals surface area contributed by atoms with Crippen LogP contribution in [0.4, 0.5) is 10.2 Å². The maximum Gasteiger partial charge on any atom is 0.188 e. The second kappa shape index (κ2) is 5.44. The van der Waals surface area contributed by atoms with Crippen molar-refractivity contribution >= 4 is 17.2 Å². The van der Waals surface area contributed by atoms with Gasteiger partial charge in [-0.2, -0.15) is 0 Å². The molecule has 0 radical (unpaired) electrons. The molecular formula is C19H20FN3O. The first-order valence-corrected chi connectivity index (χ1v) is 7.78. The van der Waals surface area contributed by atoms with Gasteiger partial charge in [0.05, 0.1) is 0 Å². The molecule has 2 aromatic heterocycles. The number of fused-ring (bicyclic) bond motifs is 1. The first-order valence-electron chi connectivity index (χ1n) is 7.78. The Morgan fingerprint density at radius 2 is 1.92 bits per heavy atom. The Morgan fingerprint density at radius 3 is 2.58 bits per heavy atom. The van der Waals surface area contributed by atoms with Crippen molar-refractivity contribution in [2.24, 2.45) is 5.41 Å². The number of carbonyl (C=O) groups excluding carboxylic acids is 1. The summed E-state index contributed by atoms with van der Waals surface area (Å²) in [5.41, 5.74) is 8.52.